The number of halogens is 1. The van der Waals surface area contributed by atoms with Crippen LogP contribution in [0.2, 0.25) is 5.02 Å². The summed E-state index contributed by atoms with van der Waals surface area (Å²) in [5.41, 5.74) is 3.28. The van der Waals surface area contributed by atoms with Crippen LogP contribution in [0.5, 0.6) is 0 Å². The highest BCUT2D eigenvalue weighted by Gasteiger charge is 2.34. The number of aromatic nitrogens is 3. The number of carbonyl (C=O) groups excluding carboxylic acids is 1. The molecule has 2 saturated heterocycles. The van der Waals surface area contributed by atoms with Crippen LogP contribution in [0.4, 0.5) is 17.3 Å². The zero-order valence-corrected chi connectivity index (χ0v) is 25.7. The molecule has 1 atom stereocenters. The van der Waals surface area contributed by atoms with Gasteiger partial charge in [0.05, 0.1) is 11.3 Å². The molecule has 1 unspecified atom stereocenters. The van der Waals surface area contributed by atoms with E-state index in [1.807, 2.05) is 71.8 Å². The summed E-state index contributed by atoms with van der Waals surface area (Å²) in [6, 6.07) is 19.1. The summed E-state index contributed by atoms with van der Waals surface area (Å²) in [4.78, 5) is 24.5. The first-order chi connectivity index (χ1) is 20.8. The molecule has 226 valence electrons. The predicted molar refractivity (Wildman–Crippen MR) is 171 cm³/mol. The van der Waals surface area contributed by atoms with Gasteiger partial charge in [-0.25, -0.2) is 4.52 Å². The van der Waals surface area contributed by atoms with E-state index in [9.17, 15) is 9.90 Å². The van der Waals surface area contributed by atoms with E-state index in [-0.39, 0.29) is 5.91 Å². The van der Waals surface area contributed by atoms with Gasteiger partial charge >= 0.3 is 0 Å². The third-order valence-electron chi connectivity index (χ3n) is 8.83. The van der Waals surface area contributed by atoms with Crippen LogP contribution < -0.4 is 10.2 Å². The second-order valence-corrected chi connectivity index (χ2v) is 12.6. The fraction of sp³-hybridized carbons (Fsp3) is 0.424. The predicted octanol–water partition coefficient (Wildman–Crippen LogP) is 5.42. The lowest BCUT2D eigenvalue weighted by atomic mass is 9.84. The number of likely N-dealkylation sites (tertiary alicyclic amines) is 1. The Morgan fingerprint density at radius 3 is 2.53 bits per heavy atom. The SMILES string of the molecule is CN(C)CCC1CCCN(C(=O)c2ccc(Nc3nc4c(N5CCC(O)(c6ccc(Cl)cc6)CC5)cccn4n3)cc2)C1. The van der Waals surface area contributed by atoms with E-state index < -0.39 is 5.60 Å². The molecule has 2 aromatic heterocycles. The maximum atomic E-state index is 13.2. The molecule has 0 saturated carbocycles. The minimum atomic E-state index is -0.873. The zero-order valence-electron chi connectivity index (χ0n) is 24.9. The van der Waals surface area contributed by atoms with Gasteiger partial charge in [-0.2, -0.15) is 4.98 Å². The van der Waals surface area contributed by atoms with E-state index >= 15 is 0 Å². The van der Waals surface area contributed by atoms with E-state index in [1.54, 1.807) is 4.52 Å². The minimum Gasteiger partial charge on any atom is -0.385 e. The molecule has 2 aromatic carbocycles. The Bertz CT molecular complexity index is 1550. The van der Waals surface area contributed by atoms with E-state index in [2.05, 4.69) is 34.3 Å². The van der Waals surface area contributed by atoms with Gasteiger partial charge in [0.1, 0.15) is 0 Å². The summed E-state index contributed by atoms with van der Waals surface area (Å²) < 4.78 is 1.78. The number of nitrogens with zero attached hydrogens (tertiary/aromatic N) is 6. The van der Waals surface area contributed by atoms with Gasteiger partial charge in [0.2, 0.25) is 5.95 Å². The number of hydrogen-bond acceptors (Lipinski definition) is 7. The fourth-order valence-corrected chi connectivity index (χ4v) is 6.42. The van der Waals surface area contributed by atoms with E-state index in [0.717, 1.165) is 55.1 Å². The van der Waals surface area contributed by atoms with Crippen LogP contribution in [0.15, 0.2) is 66.9 Å². The zero-order chi connectivity index (χ0) is 30.0. The summed E-state index contributed by atoms with van der Waals surface area (Å²) in [6.45, 7) is 4.09. The van der Waals surface area contributed by atoms with Crippen molar-refractivity contribution in [3.63, 3.8) is 0 Å². The normalized spacial score (nSPS) is 18.8. The first-order valence-corrected chi connectivity index (χ1v) is 15.6. The number of aliphatic hydroxyl groups is 1. The summed E-state index contributed by atoms with van der Waals surface area (Å²) in [5, 5.41) is 19.9. The van der Waals surface area contributed by atoms with Crippen LogP contribution in [0, 0.1) is 5.92 Å². The number of amides is 1. The van der Waals surface area contributed by atoms with E-state index in [4.69, 9.17) is 16.6 Å². The van der Waals surface area contributed by atoms with Gasteiger partial charge < -0.3 is 25.1 Å². The second kappa shape index (κ2) is 12.5. The van der Waals surface area contributed by atoms with Gasteiger partial charge in [-0.15, -0.1) is 5.10 Å². The molecule has 2 fully saturated rings. The van der Waals surface area contributed by atoms with Gasteiger partial charge in [0.15, 0.2) is 5.65 Å². The molecule has 2 N–H and O–H groups in total. The van der Waals surface area contributed by atoms with Crippen LogP contribution in [-0.4, -0.2) is 82.2 Å². The van der Waals surface area contributed by atoms with Gasteiger partial charge in [0, 0.05) is 48.6 Å². The fourth-order valence-electron chi connectivity index (χ4n) is 6.29. The van der Waals surface area contributed by atoms with Crippen molar-refractivity contribution >= 4 is 40.5 Å². The minimum absolute atomic E-state index is 0.0982. The van der Waals surface area contributed by atoms with Crippen molar-refractivity contribution in [1.29, 1.82) is 0 Å². The summed E-state index contributed by atoms with van der Waals surface area (Å²) in [7, 11) is 4.20. The molecule has 0 aliphatic carbocycles. The largest absolute Gasteiger partial charge is 0.385 e. The third kappa shape index (κ3) is 6.64. The maximum Gasteiger partial charge on any atom is 0.253 e. The van der Waals surface area contributed by atoms with Crippen molar-refractivity contribution in [1.82, 2.24) is 24.4 Å². The lowest BCUT2D eigenvalue weighted by Gasteiger charge is -2.39. The number of piperidine rings is 2. The van der Waals surface area contributed by atoms with E-state index in [0.29, 0.717) is 48.4 Å². The van der Waals surface area contributed by atoms with Gasteiger partial charge in [-0.3, -0.25) is 4.79 Å². The maximum absolute atomic E-state index is 13.2. The first-order valence-electron chi connectivity index (χ1n) is 15.2. The van der Waals surface area contributed by atoms with Crippen LogP contribution >= 0.6 is 11.6 Å². The molecule has 9 nitrogen and oxygen atoms in total. The molecule has 6 rings (SSSR count). The summed E-state index contributed by atoms with van der Waals surface area (Å²) in [6.07, 6.45) is 6.47. The van der Waals surface area contributed by atoms with Crippen molar-refractivity contribution in [2.45, 2.75) is 37.7 Å². The average Bonchev–Trinajstić information content (AvgIpc) is 3.43. The molecule has 4 heterocycles. The Labute approximate surface area is 258 Å². The lowest BCUT2D eigenvalue weighted by Crippen LogP contribution is -2.42. The van der Waals surface area contributed by atoms with Crippen molar-refractivity contribution in [2.75, 3.05) is 57.0 Å². The van der Waals surface area contributed by atoms with Crippen molar-refractivity contribution in [2.24, 2.45) is 5.92 Å². The molecule has 43 heavy (non-hydrogen) atoms. The molecule has 10 heteroatoms. The van der Waals surface area contributed by atoms with Crippen LogP contribution in [-0.2, 0) is 5.60 Å². The number of anilines is 3. The number of carbonyl (C=O) groups is 1. The Morgan fingerprint density at radius 1 is 1.07 bits per heavy atom. The highest BCUT2D eigenvalue weighted by atomic mass is 35.5. The Morgan fingerprint density at radius 2 is 1.81 bits per heavy atom. The topological polar surface area (TPSA) is 89.2 Å². The number of fused-ring (bicyclic) bond motifs is 1. The molecule has 2 aliphatic rings. The highest BCUT2D eigenvalue weighted by Crippen LogP contribution is 2.36. The van der Waals surface area contributed by atoms with Crippen molar-refractivity contribution < 1.29 is 9.90 Å². The molecule has 0 radical (unpaired) electrons. The molecular formula is C33H40ClN7O2. The average molecular weight is 602 g/mol. The second-order valence-electron chi connectivity index (χ2n) is 12.2. The summed E-state index contributed by atoms with van der Waals surface area (Å²) in [5.74, 6) is 1.15. The third-order valence-corrected chi connectivity index (χ3v) is 9.09. The highest BCUT2D eigenvalue weighted by molar-refractivity contribution is 6.30. The quantitative estimate of drug-likeness (QED) is 0.279. The smallest absolute Gasteiger partial charge is 0.253 e. The number of nitrogens with one attached hydrogen (secondary N) is 1. The monoisotopic (exact) mass is 601 g/mol. The first kappa shape index (κ1) is 29.4. The molecule has 1 amide bonds. The molecular weight excluding hydrogens is 562 g/mol. The molecule has 4 aromatic rings. The lowest BCUT2D eigenvalue weighted by molar-refractivity contribution is 0.0118. The Kier molecular flexibility index (Phi) is 8.56. The molecule has 2 aliphatic heterocycles. The summed E-state index contributed by atoms with van der Waals surface area (Å²) >= 11 is 6.05. The van der Waals surface area contributed by atoms with Gasteiger partial charge in [-0.1, -0.05) is 23.7 Å². The van der Waals surface area contributed by atoms with Crippen molar-refractivity contribution in [3.05, 3.63) is 83.0 Å². The van der Waals surface area contributed by atoms with Crippen LogP contribution in [0.3, 0.4) is 0 Å². The Balaban J connectivity index is 1.10. The standard InChI is InChI=1S/C33H40ClN7O2/c1-38(2)20-15-24-5-3-18-40(23-24)31(42)25-7-13-28(14-8-25)35-32-36-30-29(6-4-19-41(30)37-32)39-21-16-33(43,17-22-39)26-9-11-27(34)12-10-26/h4,6-14,19,24,43H,3,5,15-18,20-23H2,1-2H3,(H,35,37). The number of rotatable bonds is 8. The Hall–Kier alpha value is -3.66. The number of hydrogen-bond donors (Lipinski definition) is 2. The molecule has 0 bridgehead atoms. The molecule has 0 spiro atoms. The number of pyridine rings is 1. The van der Waals surface area contributed by atoms with Gasteiger partial charge in [0.25, 0.3) is 5.91 Å². The van der Waals surface area contributed by atoms with Crippen molar-refractivity contribution in [3.8, 4) is 0 Å². The number of benzene rings is 2. The van der Waals surface area contributed by atoms with Gasteiger partial charge in [-0.05, 0) is 113 Å². The van der Waals surface area contributed by atoms with Crippen LogP contribution in [0.25, 0.3) is 5.65 Å². The van der Waals surface area contributed by atoms with E-state index in [1.165, 1.54) is 6.42 Å². The van der Waals surface area contributed by atoms with Crippen LogP contribution in [0.1, 0.15) is 48.0 Å².